The first-order chi connectivity index (χ1) is 10.8. The predicted octanol–water partition coefficient (Wildman–Crippen LogP) is 4.30. The average Bonchev–Trinajstić information content (AvgIpc) is 2.46. The summed E-state index contributed by atoms with van der Waals surface area (Å²) in [4.78, 5) is 26.2. The number of nitrogens with one attached hydrogen (secondary N) is 1. The van der Waals surface area contributed by atoms with Crippen molar-refractivity contribution in [3.8, 4) is 0 Å². The van der Waals surface area contributed by atoms with Crippen LogP contribution in [0.5, 0.6) is 0 Å². The third-order valence-electron chi connectivity index (χ3n) is 3.21. The number of unbranched alkanes of at least 4 members (excludes halogenated alkanes) is 1. The molecule has 128 valence electrons. The summed E-state index contributed by atoms with van der Waals surface area (Å²) in [7, 11) is 0. The smallest absolute Gasteiger partial charge is 0.412 e. The summed E-state index contributed by atoms with van der Waals surface area (Å²) in [5, 5.41) is 2.66. The molecule has 1 rings (SSSR count). The molecule has 0 unspecified atom stereocenters. The highest BCUT2D eigenvalue weighted by molar-refractivity contribution is 5.96. The van der Waals surface area contributed by atoms with Gasteiger partial charge in [0.15, 0.2) is 0 Å². The highest BCUT2D eigenvalue weighted by Gasteiger charge is 2.17. The van der Waals surface area contributed by atoms with Gasteiger partial charge in [0.2, 0.25) is 0 Å². The molecule has 1 aromatic carbocycles. The van der Waals surface area contributed by atoms with E-state index in [1.165, 1.54) is 0 Å². The van der Waals surface area contributed by atoms with Crippen molar-refractivity contribution in [2.75, 3.05) is 18.4 Å². The second-order valence-electron chi connectivity index (χ2n) is 6.45. The summed E-state index contributed by atoms with van der Waals surface area (Å²) in [5.74, 6) is -0.0196. The van der Waals surface area contributed by atoms with Gasteiger partial charge in [0.05, 0.1) is 0 Å². The quantitative estimate of drug-likeness (QED) is 0.850. The number of hydrogen-bond donors (Lipinski definition) is 1. The van der Waals surface area contributed by atoms with Crippen molar-refractivity contribution in [2.45, 2.75) is 53.1 Å². The fourth-order valence-corrected chi connectivity index (χ4v) is 2.09. The monoisotopic (exact) mass is 320 g/mol. The molecule has 2 amide bonds. The minimum Gasteiger partial charge on any atom is -0.444 e. The number of amides is 2. The Hall–Kier alpha value is -2.04. The van der Waals surface area contributed by atoms with E-state index < -0.39 is 11.7 Å². The molecule has 0 bridgehead atoms. The Kier molecular flexibility index (Phi) is 7.07. The van der Waals surface area contributed by atoms with Crippen LogP contribution in [0.3, 0.4) is 0 Å². The van der Waals surface area contributed by atoms with E-state index in [1.54, 1.807) is 45.0 Å². The third-order valence-corrected chi connectivity index (χ3v) is 3.21. The summed E-state index contributed by atoms with van der Waals surface area (Å²) in [6.07, 6.45) is 1.50. The molecule has 0 aliphatic rings. The molecular weight excluding hydrogens is 292 g/mol. The molecule has 0 aliphatic heterocycles. The zero-order chi connectivity index (χ0) is 17.5. The predicted molar refractivity (Wildman–Crippen MR) is 92.8 cm³/mol. The molecule has 0 atom stereocenters. The van der Waals surface area contributed by atoms with Crippen LogP contribution in [0, 0.1) is 0 Å². The zero-order valence-corrected chi connectivity index (χ0v) is 14.8. The largest absolute Gasteiger partial charge is 0.444 e. The van der Waals surface area contributed by atoms with E-state index in [9.17, 15) is 9.59 Å². The third kappa shape index (κ3) is 6.72. The number of ether oxygens (including phenoxy) is 1. The molecule has 5 nitrogen and oxygen atoms in total. The molecule has 5 heteroatoms. The Morgan fingerprint density at radius 2 is 1.91 bits per heavy atom. The lowest BCUT2D eigenvalue weighted by Gasteiger charge is -2.21. The van der Waals surface area contributed by atoms with Gasteiger partial charge in [-0.25, -0.2) is 4.79 Å². The molecule has 0 heterocycles. The van der Waals surface area contributed by atoms with Gasteiger partial charge in [0.25, 0.3) is 5.91 Å². The van der Waals surface area contributed by atoms with E-state index >= 15 is 0 Å². The maximum absolute atomic E-state index is 12.5. The van der Waals surface area contributed by atoms with Crippen molar-refractivity contribution in [1.82, 2.24) is 4.90 Å². The van der Waals surface area contributed by atoms with Gasteiger partial charge in [-0.05, 0) is 52.3 Å². The van der Waals surface area contributed by atoms with Crippen LogP contribution >= 0.6 is 0 Å². The van der Waals surface area contributed by atoms with E-state index in [-0.39, 0.29) is 5.91 Å². The van der Waals surface area contributed by atoms with Crippen LogP contribution in [0.1, 0.15) is 57.8 Å². The summed E-state index contributed by atoms with van der Waals surface area (Å²) in [5.41, 5.74) is 0.560. The molecule has 0 aromatic heterocycles. The molecule has 0 saturated heterocycles. The Morgan fingerprint density at radius 3 is 2.48 bits per heavy atom. The van der Waals surface area contributed by atoms with Gasteiger partial charge < -0.3 is 9.64 Å². The minimum atomic E-state index is -0.559. The summed E-state index contributed by atoms with van der Waals surface area (Å²) >= 11 is 0. The summed E-state index contributed by atoms with van der Waals surface area (Å²) < 4.78 is 5.22. The van der Waals surface area contributed by atoms with Crippen molar-refractivity contribution in [3.05, 3.63) is 29.8 Å². The van der Waals surface area contributed by atoms with Crippen LogP contribution in [0.25, 0.3) is 0 Å². The van der Waals surface area contributed by atoms with Gasteiger partial charge in [-0.15, -0.1) is 0 Å². The highest BCUT2D eigenvalue weighted by atomic mass is 16.6. The van der Waals surface area contributed by atoms with Crippen molar-refractivity contribution >= 4 is 17.7 Å². The van der Waals surface area contributed by atoms with Crippen LogP contribution in [0.4, 0.5) is 10.5 Å². The number of carbonyl (C=O) groups excluding carboxylic acids is 2. The van der Waals surface area contributed by atoms with Gasteiger partial charge in [0, 0.05) is 24.3 Å². The number of anilines is 1. The molecule has 1 aromatic rings. The Bertz CT molecular complexity index is 535. The average molecular weight is 320 g/mol. The first-order valence-electron chi connectivity index (χ1n) is 8.16. The Morgan fingerprint density at radius 1 is 1.22 bits per heavy atom. The van der Waals surface area contributed by atoms with Gasteiger partial charge in [-0.3, -0.25) is 10.1 Å². The molecule has 0 radical (unpaired) electrons. The van der Waals surface area contributed by atoms with E-state index in [2.05, 4.69) is 12.2 Å². The van der Waals surface area contributed by atoms with Gasteiger partial charge in [-0.2, -0.15) is 0 Å². The number of carbonyl (C=O) groups is 2. The molecule has 0 fully saturated rings. The van der Waals surface area contributed by atoms with Gasteiger partial charge in [-0.1, -0.05) is 19.4 Å². The van der Waals surface area contributed by atoms with E-state index in [0.717, 1.165) is 19.4 Å². The van der Waals surface area contributed by atoms with Crippen molar-refractivity contribution in [2.24, 2.45) is 0 Å². The van der Waals surface area contributed by atoms with Crippen LogP contribution in [0.2, 0.25) is 0 Å². The Labute approximate surface area is 139 Å². The first-order valence-corrected chi connectivity index (χ1v) is 8.16. The van der Waals surface area contributed by atoms with Crippen LogP contribution in [-0.2, 0) is 4.74 Å². The van der Waals surface area contributed by atoms with Gasteiger partial charge in [0.1, 0.15) is 5.60 Å². The topological polar surface area (TPSA) is 58.6 Å². The fourth-order valence-electron chi connectivity index (χ4n) is 2.09. The number of rotatable bonds is 6. The van der Waals surface area contributed by atoms with E-state index in [4.69, 9.17) is 4.74 Å². The number of hydrogen-bond acceptors (Lipinski definition) is 3. The van der Waals surface area contributed by atoms with Crippen LogP contribution in [0.15, 0.2) is 24.3 Å². The van der Waals surface area contributed by atoms with Gasteiger partial charge >= 0.3 is 6.09 Å². The van der Waals surface area contributed by atoms with E-state index in [0.29, 0.717) is 17.8 Å². The second kappa shape index (κ2) is 8.56. The van der Waals surface area contributed by atoms with E-state index in [1.807, 2.05) is 11.8 Å². The number of benzene rings is 1. The molecule has 23 heavy (non-hydrogen) atoms. The summed E-state index contributed by atoms with van der Waals surface area (Å²) in [6, 6.07) is 6.94. The molecular formula is C18H28N2O3. The lowest BCUT2D eigenvalue weighted by Crippen LogP contribution is -2.32. The molecule has 0 saturated carbocycles. The SMILES string of the molecule is CCCCN(CC)C(=O)c1cccc(NC(=O)OC(C)(C)C)c1. The number of nitrogens with zero attached hydrogens (tertiary/aromatic N) is 1. The van der Waals surface area contributed by atoms with Crippen molar-refractivity contribution in [1.29, 1.82) is 0 Å². The van der Waals surface area contributed by atoms with Crippen LogP contribution in [-0.4, -0.2) is 35.6 Å². The molecule has 0 aliphatic carbocycles. The Balaban J connectivity index is 2.79. The van der Waals surface area contributed by atoms with Crippen LogP contribution < -0.4 is 5.32 Å². The second-order valence-corrected chi connectivity index (χ2v) is 6.45. The highest BCUT2D eigenvalue weighted by Crippen LogP contribution is 2.15. The normalized spacial score (nSPS) is 11.0. The minimum absolute atomic E-state index is 0.0196. The lowest BCUT2D eigenvalue weighted by molar-refractivity contribution is 0.0634. The lowest BCUT2D eigenvalue weighted by atomic mass is 10.1. The summed E-state index contributed by atoms with van der Waals surface area (Å²) in [6.45, 7) is 10.9. The molecule has 0 spiro atoms. The standard InChI is InChI=1S/C18H28N2O3/c1-6-8-12-20(7-2)16(21)14-10-9-11-15(13-14)19-17(22)23-18(3,4)5/h9-11,13H,6-8,12H2,1-5H3,(H,19,22). The molecule has 1 N–H and O–H groups in total. The maximum Gasteiger partial charge on any atom is 0.412 e. The van der Waals surface area contributed by atoms with Crippen molar-refractivity contribution < 1.29 is 14.3 Å². The first kappa shape index (κ1) is 19.0. The maximum atomic E-state index is 12.5. The fraction of sp³-hybridized carbons (Fsp3) is 0.556. The van der Waals surface area contributed by atoms with Crippen molar-refractivity contribution in [3.63, 3.8) is 0 Å². The zero-order valence-electron chi connectivity index (χ0n) is 14.8.